The Balaban J connectivity index is 1.63. The molecule has 0 radical (unpaired) electrons. The summed E-state index contributed by atoms with van der Waals surface area (Å²) in [6.07, 6.45) is 9.29. The summed E-state index contributed by atoms with van der Waals surface area (Å²) < 4.78 is 17.9. The Morgan fingerprint density at radius 1 is 1.29 bits per heavy atom. The normalized spacial score (nSPS) is 29.1. The number of aliphatic hydroxyl groups excluding tert-OH is 1. The van der Waals surface area contributed by atoms with E-state index in [4.69, 9.17) is 14.2 Å². The summed E-state index contributed by atoms with van der Waals surface area (Å²) >= 11 is 0. The lowest BCUT2D eigenvalue weighted by atomic mass is 9.91. The molecule has 154 valence electrons. The highest BCUT2D eigenvalue weighted by Gasteiger charge is 2.33. The molecular weight excluding hydrogens is 356 g/mol. The van der Waals surface area contributed by atoms with Crippen molar-refractivity contribution in [1.29, 1.82) is 0 Å². The van der Waals surface area contributed by atoms with E-state index in [0.717, 1.165) is 56.3 Å². The molecule has 28 heavy (non-hydrogen) atoms. The molecule has 1 N–H and O–H groups in total. The van der Waals surface area contributed by atoms with Gasteiger partial charge >= 0.3 is 0 Å². The van der Waals surface area contributed by atoms with Crippen molar-refractivity contribution in [3.63, 3.8) is 0 Å². The first kappa shape index (κ1) is 21.0. The summed E-state index contributed by atoms with van der Waals surface area (Å²) in [5, 5.41) is 10.1. The van der Waals surface area contributed by atoms with Crippen molar-refractivity contribution in [3.8, 4) is 5.75 Å². The molecule has 5 atom stereocenters. The number of rotatable bonds is 9. The number of ether oxygens (including phenoxy) is 3. The summed E-state index contributed by atoms with van der Waals surface area (Å²) in [5.41, 5.74) is 1.15. The zero-order chi connectivity index (χ0) is 19.8. The fourth-order valence-electron chi connectivity index (χ4n) is 4.06. The minimum Gasteiger partial charge on any atom is -0.491 e. The molecule has 0 bridgehead atoms. The van der Waals surface area contributed by atoms with Crippen LogP contribution in [0.4, 0.5) is 0 Å². The van der Waals surface area contributed by atoms with E-state index in [1.165, 1.54) is 0 Å². The first-order valence-corrected chi connectivity index (χ1v) is 10.4. The van der Waals surface area contributed by atoms with E-state index in [1.807, 2.05) is 37.3 Å². The number of aliphatic hydroxyl groups is 1. The third-order valence-electron chi connectivity index (χ3n) is 5.65. The maximum Gasteiger partial charge on any atom is 0.158 e. The topological polar surface area (TPSA) is 65.0 Å². The molecule has 0 amide bonds. The molecule has 5 heteroatoms. The van der Waals surface area contributed by atoms with Gasteiger partial charge in [-0.3, -0.25) is 0 Å². The van der Waals surface area contributed by atoms with E-state index in [1.54, 1.807) is 0 Å². The van der Waals surface area contributed by atoms with Gasteiger partial charge in [0.1, 0.15) is 24.7 Å². The van der Waals surface area contributed by atoms with Crippen LogP contribution in [0.5, 0.6) is 5.75 Å². The average Bonchev–Trinajstić information content (AvgIpc) is 3.05. The highest BCUT2D eigenvalue weighted by atomic mass is 16.7. The number of hydrogen-bond donors (Lipinski definition) is 1. The summed E-state index contributed by atoms with van der Waals surface area (Å²) in [6, 6.07) is 7.96. The van der Waals surface area contributed by atoms with Crippen LogP contribution in [0.2, 0.25) is 0 Å². The second-order valence-electron chi connectivity index (χ2n) is 7.86. The Morgan fingerprint density at radius 3 is 2.93 bits per heavy atom. The van der Waals surface area contributed by atoms with E-state index >= 15 is 0 Å². The van der Waals surface area contributed by atoms with Crippen molar-refractivity contribution in [2.45, 2.75) is 63.9 Å². The molecule has 5 unspecified atom stereocenters. The van der Waals surface area contributed by atoms with Crippen molar-refractivity contribution in [2.24, 2.45) is 11.8 Å². The van der Waals surface area contributed by atoms with Crippen molar-refractivity contribution in [3.05, 3.63) is 42.0 Å². The van der Waals surface area contributed by atoms with Crippen LogP contribution in [0.1, 0.15) is 44.1 Å². The molecule has 2 fully saturated rings. The molecule has 2 aliphatic rings. The van der Waals surface area contributed by atoms with Gasteiger partial charge in [-0.2, -0.15) is 0 Å². The molecule has 1 aliphatic carbocycles. The van der Waals surface area contributed by atoms with Crippen LogP contribution in [-0.2, 0) is 14.3 Å². The number of hydrogen-bond acceptors (Lipinski definition) is 5. The van der Waals surface area contributed by atoms with Crippen LogP contribution in [0.25, 0.3) is 0 Å². The maximum atomic E-state index is 10.9. The van der Waals surface area contributed by atoms with Gasteiger partial charge in [-0.25, -0.2) is 0 Å². The van der Waals surface area contributed by atoms with Gasteiger partial charge in [0.2, 0.25) is 0 Å². The van der Waals surface area contributed by atoms with E-state index < -0.39 is 6.10 Å². The van der Waals surface area contributed by atoms with Gasteiger partial charge in [-0.05, 0) is 68.6 Å². The molecular formula is C23H32O5. The Labute approximate surface area is 167 Å². The smallest absolute Gasteiger partial charge is 0.158 e. The molecule has 1 saturated carbocycles. The minimum atomic E-state index is -0.399. The Morgan fingerprint density at radius 2 is 2.18 bits per heavy atom. The molecule has 1 aliphatic heterocycles. The van der Waals surface area contributed by atoms with E-state index in [-0.39, 0.29) is 24.2 Å². The highest BCUT2D eigenvalue weighted by Crippen LogP contribution is 2.35. The van der Waals surface area contributed by atoms with Gasteiger partial charge in [-0.1, -0.05) is 24.3 Å². The van der Waals surface area contributed by atoms with Gasteiger partial charge in [0.15, 0.2) is 6.29 Å². The number of aryl methyl sites for hydroxylation is 1. The lowest BCUT2D eigenvalue weighted by Gasteiger charge is -2.27. The first-order chi connectivity index (χ1) is 13.7. The Bertz CT molecular complexity index is 638. The van der Waals surface area contributed by atoms with Gasteiger partial charge in [-0.15, -0.1) is 0 Å². The van der Waals surface area contributed by atoms with Crippen LogP contribution in [0.3, 0.4) is 0 Å². The Hall–Kier alpha value is -1.69. The predicted molar refractivity (Wildman–Crippen MR) is 107 cm³/mol. The largest absolute Gasteiger partial charge is 0.491 e. The quantitative estimate of drug-likeness (QED) is 0.515. The van der Waals surface area contributed by atoms with Crippen LogP contribution in [0.15, 0.2) is 36.4 Å². The van der Waals surface area contributed by atoms with Crippen LogP contribution in [0, 0.1) is 18.8 Å². The Kier molecular flexibility index (Phi) is 8.07. The zero-order valence-electron chi connectivity index (χ0n) is 16.7. The molecule has 1 heterocycles. The number of carbonyl (C=O) groups is 1. The minimum absolute atomic E-state index is 0.00183. The average molecular weight is 389 g/mol. The van der Waals surface area contributed by atoms with Gasteiger partial charge in [0.05, 0.1) is 6.10 Å². The summed E-state index contributed by atoms with van der Waals surface area (Å²) in [7, 11) is 0. The monoisotopic (exact) mass is 388 g/mol. The van der Waals surface area contributed by atoms with Crippen LogP contribution >= 0.6 is 0 Å². The molecule has 0 aromatic heterocycles. The molecule has 1 aromatic rings. The third-order valence-corrected chi connectivity index (χ3v) is 5.65. The number of aldehydes is 1. The molecule has 5 nitrogen and oxygen atoms in total. The number of carbonyl (C=O) groups excluding carboxylic acids is 1. The predicted octanol–water partition coefficient (Wildman–Crippen LogP) is 3.82. The standard InChI is InChI=1S/C23H32O5/c1-17-5-4-6-19(15-17)27-16-20(28-23-7-2-3-14-26-23)10-8-18-9-11-22(25)21(18)12-13-24/h4-6,8,10,13,15,18,20-23,25H,2-3,7,9,11-12,14,16H2,1H3. The lowest BCUT2D eigenvalue weighted by Crippen LogP contribution is -2.30. The van der Waals surface area contributed by atoms with E-state index in [2.05, 4.69) is 6.08 Å². The van der Waals surface area contributed by atoms with Gasteiger partial charge in [0.25, 0.3) is 0 Å². The molecule has 0 spiro atoms. The number of allylic oxidation sites excluding steroid dienone is 1. The van der Waals surface area contributed by atoms with Crippen molar-refractivity contribution >= 4 is 6.29 Å². The summed E-state index contributed by atoms with van der Waals surface area (Å²) in [4.78, 5) is 10.9. The lowest BCUT2D eigenvalue weighted by molar-refractivity contribution is -0.182. The van der Waals surface area contributed by atoms with E-state index in [9.17, 15) is 9.90 Å². The summed E-state index contributed by atoms with van der Waals surface area (Å²) in [6.45, 7) is 3.17. The van der Waals surface area contributed by atoms with Crippen LogP contribution in [-0.4, -0.2) is 43.1 Å². The highest BCUT2D eigenvalue weighted by molar-refractivity contribution is 5.50. The first-order valence-electron chi connectivity index (χ1n) is 10.4. The van der Waals surface area contributed by atoms with Gasteiger partial charge in [0, 0.05) is 13.0 Å². The summed E-state index contributed by atoms with van der Waals surface area (Å²) in [5.74, 6) is 1.01. The number of benzene rings is 1. The fourth-order valence-corrected chi connectivity index (χ4v) is 4.06. The second-order valence-corrected chi connectivity index (χ2v) is 7.86. The van der Waals surface area contributed by atoms with Gasteiger partial charge < -0.3 is 24.1 Å². The zero-order valence-corrected chi connectivity index (χ0v) is 16.7. The van der Waals surface area contributed by atoms with Crippen LogP contribution < -0.4 is 4.74 Å². The second kappa shape index (κ2) is 10.7. The molecule has 1 saturated heterocycles. The van der Waals surface area contributed by atoms with Crippen molar-refractivity contribution in [2.75, 3.05) is 13.2 Å². The fraction of sp³-hybridized carbons (Fsp3) is 0.609. The van der Waals surface area contributed by atoms with Crippen molar-refractivity contribution < 1.29 is 24.1 Å². The SMILES string of the molecule is Cc1cccc(OCC(C=CC2CCC(O)C2CC=O)OC2CCCCO2)c1. The molecule has 1 aromatic carbocycles. The van der Waals surface area contributed by atoms with Crippen molar-refractivity contribution in [1.82, 2.24) is 0 Å². The van der Waals surface area contributed by atoms with E-state index in [0.29, 0.717) is 13.0 Å². The molecule has 3 rings (SSSR count). The maximum absolute atomic E-state index is 10.9. The third kappa shape index (κ3) is 6.16.